The molecule has 110 valence electrons. The lowest BCUT2D eigenvalue weighted by Gasteiger charge is -2.21. The van der Waals surface area contributed by atoms with Crippen LogP contribution < -0.4 is 5.32 Å². The van der Waals surface area contributed by atoms with Crippen molar-refractivity contribution in [1.29, 1.82) is 0 Å². The maximum absolute atomic E-state index is 12.1. The van der Waals surface area contributed by atoms with Crippen LogP contribution in [0.5, 0.6) is 0 Å². The van der Waals surface area contributed by atoms with Gasteiger partial charge in [0.2, 0.25) is 5.91 Å². The molecule has 0 unspecified atom stereocenters. The molecule has 1 saturated heterocycles. The van der Waals surface area contributed by atoms with Gasteiger partial charge in [-0.3, -0.25) is 4.79 Å². The Morgan fingerprint density at radius 3 is 2.55 bits per heavy atom. The van der Waals surface area contributed by atoms with Gasteiger partial charge in [-0.15, -0.1) is 0 Å². The number of hydrogen-bond acceptors (Lipinski definition) is 2. The van der Waals surface area contributed by atoms with E-state index in [2.05, 4.69) is 24.4 Å². The standard InChI is InChI=1S/C17H25NO2/c1-2-3-4-5-14-6-8-16(9-7-14)18-17(19)15-10-12-20-13-11-15/h6-9,15H,2-5,10-13H2,1H3,(H,18,19). The van der Waals surface area contributed by atoms with Crippen molar-refractivity contribution in [2.24, 2.45) is 5.92 Å². The molecule has 1 fully saturated rings. The van der Waals surface area contributed by atoms with Gasteiger partial charge in [0, 0.05) is 24.8 Å². The van der Waals surface area contributed by atoms with Gasteiger partial charge in [0.25, 0.3) is 0 Å². The van der Waals surface area contributed by atoms with Crippen molar-refractivity contribution in [2.75, 3.05) is 18.5 Å². The molecule has 2 rings (SSSR count). The number of nitrogens with one attached hydrogen (secondary N) is 1. The molecule has 0 bridgehead atoms. The maximum Gasteiger partial charge on any atom is 0.227 e. The first-order valence-electron chi connectivity index (χ1n) is 7.77. The summed E-state index contributed by atoms with van der Waals surface area (Å²) in [4.78, 5) is 12.1. The van der Waals surface area contributed by atoms with Gasteiger partial charge in [0.1, 0.15) is 0 Å². The molecule has 0 radical (unpaired) electrons. The number of rotatable bonds is 6. The maximum atomic E-state index is 12.1. The van der Waals surface area contributed by atoms with Gasteiger partial charge in [-0.05, 0) is 43.4 Å². The summed E-state index contributed by atoms with van der Waals surface area (Å²) in [5.41, 5.74) is 2.25. The molecule has 0 aliphatic carbocycles. The van der Waals surface area contributed by atoms with Crippen molar-refractivity contribution in [1.82, 2.24) is 0 Å². The SMILES string of the molecule is CCCCCc1ccc(NC(=O)C2CCOCC2)cc1. The van der Waals surface area contributed by atoms with Crippen molar-refractivity contribution in [3.8, 4) is 0 Å². The van der Waals surface area contributed by atoms with Crippen LogP contribution in [-0.2, 0) is 16.0 Å². The number of amides is 1. The summed E-state index contributed by atoms with van der Waals surface area (Å²) in [6.07, 6.45) is 6.57. The first-order valence-corrected chi connectivity index (χ1v) is 7.77. The fourth-order valence-electron chi connectivity index (χ4n) is 2.54. The Hall–Kier alpha value is -1.35. The predicted molar refractivity (Wildman–Crippen MR) is 81.8 cm³/mol. The predicted octanol–water partition coefficient (Wildman–Crippen LogP) is 3.78. The van der Waals surface area contributed by atoms with E-state index >= 15 is 0 Å². The topological polar surface area (TPSA) is 38.3 Å². The van der Waals surface area contributed by atoms with E-state index in [0.29, 0.717) is 13.2 Å². The second kappa shape index (κ2) is 8.05. The van der Waals surface area contributed by atoms with Gasteiger partial charge in [-0.1, -0.05) is 31.9 Å². The minimum absolute atomic E-state index is 0.105. The molecular formula is C17H25NO2. The van der Waals surface area contributed by atoms with E-state index in [-0.39, 0.29) is 11.8 Å². The molecule has 1 aliphatic heterocycles. The summed E-state index contributed by atoms with van der Waals surface area (Å²) in [6.45, 7) is 3.62. The molecule has 0 aromatic heterocycles. The van der Waals surface area contributed by atoms with Crippen LogP contribution >= 0.6 is 0 Å². The average Bonchev–Trinajstić information content (AvgIpc) is 2.50. The minimum atomic E-state index is 0.105. The van der Waals surface area contributed by atoms with Crippen LogP contribution in [-0.4, -0.2) is 19.1 Å². The summed E-state index contributed by atoms with van der Waals surface area (Å²) >= 11 is 0. The largest absolute Gasteiger partial charge is 0.381 e. The highest BCUT2D eigenvalue weighted by atomic mass is 16.5. The minimum Gasteiger partial charge on any atom is -0.381 e. The van der Waals surface area contributed by atoms with Crippen LogP contribution in [0.4, 0.5) is 5.69 Å². The van der Waals surface area contributed by atoms with E-state index in [1.165, 1.54) is 24.8 Å². The van der Waals surface area contributed by atoms with Crippen molar-refractivity contribution in [2.45, 2.75) is 45.4 Å². The van der Waals surface area contributed by atoms with E-state index in [4.69, 9.17) is 4.74 Å². The molecule has 1 N–H and O–H groups in total. The van der Waals surface area contributed by atoms with Crippen LogP contribution in [0.3, 0.4) is 0 Å². The molecule has 1 amide bonds. The molecule has 0 saturated carbocycles. The van der Waals surface area contributed by atoms with Crippen LogP contribution in [0.25, 0.3) is 0 Å². The van der Waals surface area contributed by atoms with Crippen molar-refractivity contribution in [3.63, 3.8) is 0 Å². The van der Waals surface area contributed by atoms with Gasteiger partial charge >= 0.3 is 0 Å². The molecule has 1 heterocycles. The van der Waals surface area contributed by atoms with Gasteiger partial charge in [0.15, 0.2) is 0 Å². The zero-order valence-corrected chi connectivity index (χ0v) is 12.4. The number of benzene rings is 1. The van der Waals surface area contributed by atoms with Crippen molar-refractivity contribution in [3.05, 3.63) is 29.8 Å². The Morgan fingerprint density at radius 1 is 1.20 bits per heavy atom. The van der Waals surface area contributed by atoms with Crippen molar-refractivity contribution < 1.29 is 9.53 Å². The fourth-order valence-corrected chi connectivity index (χ4v) is 2.54. The third kappa shape index (κ3) is 4.64. The van der Waals surface area contributed by atoms with E-state index in [1.807, 2.05) is 12.1 Å². The summed E-state index contributed by atoms with van der Waals surface area (Å²) in [7, 11) is 0. The average molecular weight is 275 g/mol. The van der Waals surface area contributed by atoms with Crippen molar-refractivity contribution >= 4 is 11.6 Å². The number of anilines is 1. The lowest BCUT2D eigenvalue weighted by atomic mass is 9.99. The number of ether oxygens (including phenoxy) is 1. The number of carbonyl (C=O) groups excluding carboxylic acids is 1. The summed E-state index contributed by atoms with van der Waals surface area (Å²) in [5, 5.41) is 3.01. The zero-order valence-electron chi connectivity index (χ0n) is 12.4. The van der Waals surface area contributed by atoms with Gasteiger partial charge in [-0.25, -0.2) is 0 Å². The number of hydrogen-bond donors (Lipinski definition) is 1. The molecule has 20 heavy (non-hydrogen) atoms. The number of carbonyl (C=O) groups is 1. The quantitative estimate of drug-likeness (QED) is 0.802. The first kappa shape index (κ1) is 15.0. The highest BCUT2D eigenvalue weighted by molar-refractivity contribution is 5.92. The Balaban J connectivity index is 1.81. The molecule has 0 spiro atoms. The second-order valence-corrected chi connectivity index (χ2v) is 5.53. The fraction of sp³-hybridized carbons (Fsp3) is 0.588. The van der Waals surface area contributed by atoms with E-state index in [0.717, 1.165) is 24.9 Å². The summed E-state index contributed by atoms with van der Waals surface area (Å²) in [6, 6.07) is 8.27. The highest BCUT2D eigenvalue weighted by Crippen LogP contribution is 2.18. The lowest BCUT2D eigenvalue weighted by Crippen LogP contribution is -2.28. The Kier molecular flexibility index (Phi) is 6.06. The molecule has 3 nitrogen and oxygen atoms in total. The molecule has 1 aromatic rings. The Bertz CT molecular complexity index is 408. The van der Waals surface area contributed by atoms with Gasteiger partial charge in [0.05, 0.1) is 0 Å². The summed E-state index contributed by atoms with van der Waals surface area (Å²) < 4.78 is 5.28. The number of unbranched alkanes of at least 4 members (excludes halogenated alkanes) is 2. The Morgan fingerprint density at radius 2 is 1.90 bits per heavy atom. The van der Waals surface area contributed by atoms with E-state index in [9.17, 15) is 4.79 Å². The van der Waals surface area contributed by atoms with Gasteiger partial charge < -0.3 is 10.1 Å². The number of aryl methyl sites for hydroxylation is 1. The van der Waals surface area contributed by atoms with Crippen LogP contribution in [0.2, 0.25) is 0 Å². The third-order valence-corrected chi connectivity index (χ3v) is 3.88. The van der Waals surface area contributed by atoms with E-state index in [1.54, 1.807) is 0 Å². The highest BCUT2D eigenvalue weighted by Gasteiger charge is 2.21. The third-order valence-electron chi connectivity index (χ3n) is 3.88. The normalized spacial score (nSPS) is 16.1. The molecular weight excluding hydrogens is 250 g/mol. The smallest absolute Gasteiger partial charge is 0.227 e. The van der Waals surface area contributed by atoms with Gasteiger partial charge in [-0.2, -0.15) is 0 Å². The Labute approximate surface area is 121 Å². The molecule has 1 aliphatic rings. The molecule has 1 aromatic carbocycles. The van der Waals surface area contributed by atoms with E-state index < -0.39 is 0 Å². The monoisotopic (exact) mass is 275 g/mol. The van der Waals surface area contributed by atoms with Crippen LogP contribution in [0.15, 0.2) is 24.3 Å². The van der Waals surface area contributed by atoms with Crippen LogP contribution in [0, 0.1) is 5.92 Å². The summed E-state index contributed by atoms with van der Waals surface area (Å²) in [5.74, 6) is 0.236. The van der Waals surface area contributed by atoms with Crippen LogP contribution in [0.1, 0.15) is 44.6 Å². The zero-order chi connectivity index (χ0) is 14.2. The molecule has 0 atom stereocenters. The first-order chi connectivity index (χ1) is 9.79. The lowest BCUT2D eigenvalue weighted by molar-refractivity contribution is -0.122. The second-order valence-electron chi connectivity index (χ2n) is 5.53. The molecule has 3 heteroatoms.